The van der Waals surface area contributed by atoms with Crippen molar-refractivity contribution in [2.24, 2.45) is 13.0 Å². The SMILES string of the molecule is Cn1cc(Cl)c(CN2CCCC(C(F)(F)F)C2)n1. The Kier molecular flexibility index (Phi) is 3.87. The standard InChI is InChI=1S/C11H15ClF3N3/c1-17-6-9(12)10(16-17)7-18-4-2-3-8(5-18)11(13,14)15/h6,8H,2-5,7H2,1H3. The molecule has 102 valence electrons. The van der Waals surface area contributed by atoms with Gasteiger partial charge in [-0.15, -0.1) is 0 Å². The molecule has 0 radical (unpaired) electrons. The van der Waals surface area contributed by atoms with Crippen molar-refractivity contribution >= 4 is 11.6 Å². The van der Waals surface area contributed by atoms with Crippen LogP contribution < -0.4 is 0 Å². The minimum absolute atomic E-state index is 0.0381. The van der Waals surface area contributed by atoms with Gasteiger partial charge in [-0.2, -0.15) is 18.3 Å². The number of aryl methyl sites for hydroxylation is 1. The molecule has 0 spiro atoms. The Morgan fingerprint density at radius 3 is 2.78 bits per heavy atom. The minimum atomic E-state index is -4.10. The van der Waals surface area contributed by atoms with Crippen LogP contribution in [-0.4, -0.2) is 33.9 Å². The fourth-order valence-electron chi connectivity index (χ4n) is 2.29. The molecule has 1 fully saturated rings. The maximum atomic E-state index is 12.7. The Hall–Kier alpha value is -0.750. The monoisotopic (exact) mass is 281 g/mol. The van der Waals surface area contributed by atoms with Gasteiger partial charge in [0.2, 0.25) is 0 Å². The topological polar surface area (TPSA) is 21.1 Å². The second kappa shape index (κ2) is 5.09. The van der Waals surface area contributed by atoms with Crippen molar-refractivity contribution in [3.8, 4) is 0 Å². The quantitative estimate of drug-likeness (QED) is 0.831. The Morgan fingerprint density at radius 1 is 1.50 bits per heavy atom. The molecule has 0 bridgehead atoms. The maximum absolute atomic E-state index is 12.7. The van der Waals surface area contributed by atoms with E-state index >= 15 is 0 Å². The van der Waals surface area contributed by atoms with Gasteiger partial charge < -0.3 is 0 Å². The van der Waals surface area contributed by atoms with Crippen LogP contribution in [-0.2, 0) is 13.6 Å². The molecule has 18 heavy (non-hydrogen) atoms. The molecular formula is C11H15ClF3N3. The molecule has 1 aromatic heterocycles. The molecule has 1 aliphatic rings. The minimum Gasteiger partial charge on any atom is -0.297 e. The van der Waals surface area contributed by atoms with Gasteiger partial charge in [0.05, 0.1) is 16.6 Å². The highest BCUT2D eigenvalue weighted by Gasteiger charge is 2.41. The lowest BCUT2D eigenvalue weighted by Gasteiger charge is -2.33. The summed E-state index contributed by atoms with van der Waals surface area (Å²) in [7, 11) is 1.74. The van der Waals surface area contributed by atoms with Crippen LogP contribution in [0.25, 0.3) is 0 Å². The highest BCUT2D eigenvalue weighted by atomic mass is 35.5. The summed E-state index contributed by atoms with van der Waals surface area (Å²) >= 11 is 5.96. The normalized spacial score (nSPS) is 22.4. The summed E-state index contributed by atoms with van der Waals surface area (Å²) in [5.41, 5.74) is 0.641. The molecule has 0 saturated carbocycles. The molecule has 2 rings (SSSR count). The van der Waals surface area contributed by atoms with Gasteiger partial charge in [-0.05, 0) is 19.4 Å². The van der Waals surface area contributed by atoms with Gasteiger partial charge in [-0.1, -0.05) is 11.6 Å². The number of likely N-dealkylation sites (tertiary alicyclic amines) is 1. The Morgan fingerprint density at radius 2 is 2.22 bits per heavy atom. The molecule has 1 aromatic rings. The highest BCUT2D eigenvalue weighted by Crippen LogP contribution is 2.33. The average molecular weight is 282 g/mol. The summed E-state index contributed by atoms with van der Waals surface area (Å²) in [6.07, 6.45) is -1.67. The molecule has 1 saturated heterocycles. The Balaban J connectivity index is 2.00. The van der Waals surface area contributed by atoms with Gasteiger partial charge in [0.25, 0.3) is 0 Å². The fraction of sp³-hybridized carbons (Fsp3) is 0.727. The summed E-state index contributed by atoms with van der Waals surface area (Å²) in [5, 5.41) is 4.66. The summed E-state index contributed by atoms with van der Waals surface area (Å²) in [6.45, 7) is 1.09. The third-order valence-corrected chi connectivity index (χ3v) is 3.51. The summed E-state index contributed by atoms with van der Waals surface area (Å²) in [4.78, 5) is 1.77. The lowest BCUT2D eigenvalue weighted by molar-refractivity contribution is -0.187. The molecule has 0 aromatic carbocycles. The molecule has 1 unspecified atom stereocenters. The Labute approximate surface area is 109 Å². The zero-order valence-corrected chi connectivity index (χ0v) is 10.8. The van der Waals surface area contributed by atoms with E-state index < -0.39 is 12.1 Å². The molecule has 0 N–H and O–H groups in total. The molecule has 1 atom stereocenters. The van der Waals surface area contributed by atoms with E-state index in [1.165, 1.54) is 0 Å². The number of piperidine rings is 1. The lowest BCUT2D eigenvalue weighted by Crippen LogP contribution is -2.41. The highest BCUT2D eigenvalue weighted by molar-refractivity contribution is 6.31. The van der Waals surface area contributed by atoms with E-state index in [4.69, 9.17) is 11.6 Å². The second-order valence-electron chi connectivity index (χ2n) is 4.71. The van der Waals surface area contributed by atoms with Crippen molar-refractivity contribution < 1.29 is 13.2 Å². The smallest absolute Gasteiger partial charge is 0.297 e. The Bertz CT molecular complexity index is 416. The maximum Gasteiger partial charge on any atom is 0.393 e. The first-order valence-corrected chi connectivity index (χ1v) is 6.21. The van der Waals surface area contributed by atoms with E-state index in [-0.39, 0.29) is 13.0 Å². The van der Waals surface area contributed by atoms with Gasteiger partial charge in [0, 0.05) is 26.3 Å². The zero-order valence-electron chi connectivity index (χ0n) is 10.0. The molecule has 3 nitrogen and oxygen atoms in total. The number of hydrogen-bond acceptors (Lipinski definition) is 2. The largest absolute Gasteiger partial charge is 0.393 e. The van der Waals surface area contributed by atoms with Crippen LogP contribution in [0, 0.1) is 5.92 Å². The van der Waals surface area contributed by atoms with Crippen LogP contribution in [0.1, 0.15) is 18.5 Å². The van der Waals surface area contributed by atoms with Crippen molar-refractivity contribution in [3.63, 3.8) is 0 Å². The van der Waals surface area contributed by atoms with E-state index in [0.717, 1.165) is 0 Å². The number of alkyl halides is 3. The molecule has 0 aliphatic carbocycles. The predicted octanol–water partition coefficient (Wildman–Crippen LogP) is 2.85. The molecule has 0 amide bonds. The number of hydrogen-bond donors (Lipinski definition) is 0. The molecule has 2 heterocycles. The number of nitrogens with zero attached hydrogens (tertiary/aromatic N) is 3. The van der Waals surface area contributed by atoms with Gasteiger partial charge in [0.15, 0.2) is 0 Å². The average Bonchev–Trinajstić information content (AvgIpc) is 2.56. The van der Waals surface area contributed by atoms with Gasteiger partial charge >= 0.3 is 6.18 Å². The second-order valence-corrected chi connectivity index (χ2v) is 5.12. The third kappa shape index (κ3) is 3.17. The van der Waals surface area contributed by atoms with Crippen LogP contribution in [0.3, 0.4) is 0 Å². The van der Waals surface area contributed by atoms with E-state index in [1.807, 2.05) is 0 Å². The van der Waals surface area contributed by atoms with Crippen molar-refractivity contribution in [1.29, 1.82) is 0 Å². The van der Waals surface area contributed by atoms with Crippen LogP contribution in [0.2, 0.25) is 5.02 Å². The van der Waals surface area contributed by atoms with Gasteiger partial charge in [-0.25, -0.2) is 0 Å². The first-order valence-electron chi connectivity index (χ1n) is 5.83. The van der Waals surface area contributed by atoms with E-state index in [1.54, 1.807) is 22.8 Å². The van der Waals surface area contributed by atoms with E-state index in [0.29, 0.717) is 30.2 Å². The fourth-order valence-corrected chi connectivity index (χ4v) is 2.53. The summed E-state index contributed by atoms with van der Waals surface area (Å²) in [5.74, 6) is -1.23. The first kappa shape index (κ1) is 13.7. The van der Waals surface area contributed by atoms with Crippen molar-refractivity contribution in [3.05, 3.63) is 16.9 Å². The lowest BCUT2D eigenvalue weighted by atomic mass is 9.97. The van der Waals surface area contributed by atoms with Crippen LogP contribution >= 0.6 is 11.6 Å². The van der Waals surface area contributed by atoms with Crippen molar-refractivity contribution in [2.45, 2.75) is 25.6 Å². The van der Waals surface area contributed by atoms with E-state index in [2.05, 4.69) is 5.10 Å². The van der Waals surface area contributed by atoms with Crippen LogP contribution in [0.4, 0.5) is 13.2 Å². The molecular weight excluding hydrogens is 267 g/mol. The first-order chi connectivity index (χ1) is 8.36. The van der Waals surface area contributed by atoms with Gasteiger partial charge in [-0.3, -0.25) is 9.58 Å². The van der Waals surface area contributed by atoms with Crippen molar-refractivity contribution in [1.82, 2.24) is 14.7 Å². The molecule has 1 aliphatic heterocycles. The van der Waals surface area contributed by atoms with Gasteiger partial charge in [0.1, 0.15) is 0 Å². The third-order valence-electron chi connectivity index (χ3n) is 3.20. The summed E-state index contributed by atoms with van der Waals surface area (Å²) in [6, 6.07) is 0. The number of aromatic nitrogens is 2. The van der Waals surface area contributed by atoms with Crippen molar-refractivity contribution in [2.75, 3.05) is 13.1 Å². The molecule has 7 heteroatoms. The predicted molar refractivity (Wildman–Crippen MR) is 62.3 cm³/mol. The summed E-state index contributed by atoms with van der Waals surface area (Å²) < 4.78 is 39.6. The zero-order chi connectivity index (χ0) is 13.3. The van der Waals surface area contributed by atoms with Crippen LogP contribution in [0.15, 0.2) is 6.20 Å². The van der Waals surface area contributed by atoms with Crippen LogP contribution in [0.5, 0.6) is 0 Å². The number of halogens is 4. The number of rotatable bonds is 2. The van der Waals surface area contributed by atoms with E-state index in [9.17, 15) is 13.2 Å².